The number of hydrogen-bond acceptors (Lipinski definition) is 3. The summed E-state index contributed by atoms with van der Waals surface area (Å²) in [7, 11) is 0. The molecule has 0 fully saturated rings. The lowest BCUT2D eigenvalue weighted by Crippen LogP contribution is -2.34. The second-order valence-corrected chi connectivity index (χ2v) is 6.24. The number of carbonyl (C=O) groups is 2. The summed E-state index contributed by atoms with van der Waals surface area (Å²) in [6.45, 7) is 0.0679. The first-order chi connectivity index (χ1) is 12.1. The van der Waals surface area contributed by atoms with Gasteiger partial charge in [-0.1, -0.05) is 42.5 Å². The summed E-state index contributed by atoms with van der Waals surface area (Å²) in [6, 6.07) is 13.4. The molecule has 0 spiro atoms. The zero-order chi connectivity index (χ0) is 17.8. The highest BCUT2D eigenvalue weighted by atomic mass is 79.9. The van der Waals surface area contributed by atoms with Crippen LogP contribution < -0.4 is 5.32 Å². The number of nitrogens with one attached hydrogen (secondary N) is 2. The van der Waals surface area contributed by atoms with Gasteiger partial charge in [-0.2, -0.15) is 0 Å². The summed E-state index contributed by atoms with van der Waals surface area (Å²) < 4.78 is 5.92. The Balaban J connectivity index is 1.76. The van der Waals surface area contributed by atoms with E-state index in [1.807, 2.05) is 36.4 Å². The summed E-state index contributed by atoms with van der Waals surface area (Å²) in [6.07, 6.45) is 0.784. The molecule has 0 bridgehead atoms. The highest BCUT2D eigenvalue weighted by molar-refractivity contribution is 9.10. The molecule has 25 heavy (non-hydrogen) atoms. The summed E-state index contributed by atoms with van der Waals surface area (Å²) in [4.78, 5) is 26.7. The number of carbonyl (C=O) groups excluding carboxylic acids is 1. The van der Waals surface area contributed by atoms with Crippen LogP contribution in [0.1, 0.15) is 17.2 Å². The number of aliphatic carboxylic acids is 1. The van der Waals surface area contributed by atoms with Crippen LogP contribution >= 0.6 is 15.9 Å². The molecule has 1 aromatic heterocycles. The molecule has 0 radical (unpaired) electrons. The van der Waals surface area contributed by atoms with Crippen molar-refractivity contribution in [1.29, 1.82) is 0 Å². The van der Waals surface area contributed by atoms with Crippen molar-refractivity contribution in [2.45, 2.75) is 12.6 Å². The standard InChI is InChI=1S/C18H15BrN2O4/c19-14-8-4-7-12-13(9-20-15(12)14)16(17(22)23)21-18(24)25-10-11-5-2-1-3-6-11/h1-9,16,20H,10H2,(H,21,24)(H,22,23)/t16-/m1/s1. The number of alkyl carbamates (subject to hydrolysis) is 1. The number of rotatable bonds is 5. The monoisotopic (exact) mass is 402 g/mol. The van der Waals surface area contributed by atoms with Crippen LogP contribution in [0.2, 0.25) is 0 Å². The lowest BCUT2D eigenvalue weighted by atomic mass is 10.1. The lowest BCUT2D eigenvalue weighted by molar-refractivity contribution is -0.139. The van der Waals surface area contributed by atoms with E-state index in [1.165, 1.54) is 0 Å². The molecule has 2 aromatic carbocycles. The Bertz CT molecular complexity index is 908. The smallest absolute Gasteiger partial charge is 0.408 e. The number of carboxylic acid groups (broad SMARTS) is 1. The summed E-state index contributed by atoms with van der Waals surface area (Å²) in [5, 5.41) is 12.6. The van der Waals surface area contributed by atoms with Gasteiger partial charge in [0.1, 0.15) is 6.61 Å². The van der Waals surface area contributed by atoms with Crippen LogP contribution in [0.15, 0.2) is 59.2 Å². The number of benzene rings is 2. The number of carboxylic acids is 1. The predicted molar refractivity (Wildman–Crippen MR) is 96.1 cm³/mol. The summed E-state index contributed by atoms with van der Waals surface area (Å²) >= 11 is 3.41. The van der Waals surface area contributed by atoms with Crippen molar-refractivity contribution < 1.29 is 19.4 Å². The highest BCUT2D eigenvalue weighted by Crippen LogP contribution is 2.29. The molecule has 3 aromatic rings. The minimum absolute atomic E-state index is 0.0679. The van der Waals surface area contributed by atoms with Gasteiger partial charge in [0, 0.05) is 21.6 Å². The van der Waals surface area contributed by atoms with E-state index in [2.05, 4.69) is 26.2 Å². The van der Waals surface area contributed by atoms with E-state index >= 15 is 0 Å². The normalized spacial score (nSPS) is 11.9. The number of fused-ring (bicyclic) bond motifs is 1. The SMILES string of the molecule is O=C(N[C@@H](C(=O)O)c1c[nH]c2c(Br)cccc12)OCc1ccccc1. The average Bonchev–Trinajstić information content (AvgIpc) is 3.04. The van der Waals surface area contributed by atoms with Crippen LogP contribution in [0.4, 0.5) is 4.79 Å². The Morgan fingerprint density at radius 1 is 1.16 bits per heavy atom. The molecule has 128 valence electrons. The maximum Gasteiger partial charge on any atom is 0.408 e. The van der Waals surface area contributed by atoms with Crippen molar-refractivity contribution in [3.63, 3.8) is 0 Å². The van der Waals surface area contributed by atoms with Gasteiger partial charge in [-0.15, -0.1) is 0 Å². The first kappa shape index (κ1) is 17.0. The summed E-state index contributed by atoms with van der Waals surface area (Å²) in [5.74, 6) is -1.17. The number of hydrogen-bond donors (Lipinski definition) is 3. The van der Waals surface area contributed by atoms with Gasteiger partial charge < -0.3 is 20.1 Å². The molecule has 7 heteroatoms. The van der Waals surface area contributed by atoms with Gasteiger partial charge in [0.15, 0.2) is 6.04 Å². The van der Waals surface area contributed by atoms with Crippen LogP contribution in [0.5, 0.6) is 0 Å². The van der Waals surface area contributed by atoms with Crippen LogP contribution in [0.25, 0.3) is 10.9 Å². The Morgan fingerprint density at radius 2 is 1.92 bits per heavy atom. The van der Waals surface area contributed by atoms with Crippen molar-refractivity contribution in [2.24, 2.45) is 0 Å². The third kappa shape index (κ3) is 3.83. The topological polar surface area (TPSA) is 91.4 Å². The number of aromatic amines is 1. The minimum atomic E-state index is -1.22. The van der Waals surface area contributed by atoms with Gasteiger partial charge >= 0.3 is 12.1 Å². The van der Waals surface area contributed by atoms with Crippen molar-refractivity contribution in [1.82, 2.24) is 10.3 Å². The predicted octanol–water partition coefficient (Wildman–Crippen LogP) is 3.98. The molecule has 0 saturated carbocycles. The number of aromatic nitrogens is 1. The fourth-order valence-corrected chi connectivity index (χ4v) is 3.01. The highest BCUT2D eigenvalue weighted by Gasteiger charge is 2.26. The molecule has 0 aliphatic rings. The fraction of sp³-hybridized carbons (Fsp3) is 0.111. The van der Waals surface area contributed by atoms with Crippen LogP contribution in [-0.2, 0) is 16.1 Å². The number of H-pyrrole nitrogens is 1. The van der Waals surface area contributed by atoms with Gasteiger partial charge in [-0.25, -0.2) is 9.59 Å². The van der Waals surface area contributed by atoms with E-state index in [-0.39, 0.29) is 6.61 Å². The Morgan fingerprint density at radius 3 is 2.64 bits per heavy atom. The zero-order valence-corrected chi connectivity index (χ0v) is 14.6. The van der Waals surface area contributed by atoms with Gasteiger partial charge in [-0.05, 0) is 27.6 Å². The minimum Gasteiger partial charge on any atom is -0.479 e. The second-order valence-electron chi connectivity index (χ2n) is 5.38. The van der Waals surface area contributed by atoms with E-state index in [9.17, 15) is 14.7 Å². The Kier molecular flexibility index (Phi) is 5.04. The van der Waals surface area contributed by atoms with E-state index in [0.717, 1.165) is 15.6 Å². The fourth-order valence-electron chi connectivity index (χ4n) is 2.53. The number of ether oxygens (including phenoxy) is 1. The van der Waals surface area contributed by atoms with Crippen molar-refractivity contribution in [3.05, 3.63) is 70.3 Å². The van der Waals surface area contributed by atoms with E-state index in [4.69, 9.17) is 4.74 Å². The van der Waals surface area contributed by atoms with Crippen molar-refractivity contribution >= 4 is 38.9 Å². The quantitative estimate of drug-likeness (QED) is 0.601. The third-order valence-corrected chi connectivity index (χ3v) is 4.39. The molecule has 3 rings (SSSR count). The number of halogens is 1. The van der Waals surface area contributed by atoms with Crippen LogP contribution in [-0.4, -0.2) is 22.2 Å². The largest absolute Gasteiger partial charge is 0.479 e. The van der Waals surface area contributed by atoms with E-state index in [1.54, 1.807) is 18.3 Å². The van der Waals surface area contributed by atoms with Crippen LogP contribution in [0.3, 0.4) is 0 Å². The zero-order valence-electron chi connectivity index (χ0n) is 13.0. The maximum atomic E-state index is 12.0. The number of amides is 1. The molecule has 0 aliphatic carbocycles. The molecule has 3 N–H and O–H groups in total. The first-order valence-electron chi connectivity index (χ1n) is 7.52. The Labute approximate surface area is 151 Å². The van der Waals surface area contributed by atoms with Gasteiger partial charge in [-0.3, -0.25) is 0 Å². The van der Waals surface area contributed by atoms with Gasteiger partial charge in [0.05, 0.1) is 5.52 Å². The molecule has 1 heterocycles. The molecular formula is C18H15BrN2O4. The lowest BCUT2D eigenvalue weighted by Gasteiger charge is -2.14. The molecule has 0 aliphatic heterocycles. The second kappa shape index (κ2) is 7.40. The van der Waals surface area contributed by atoms with E-state index < -0.39 is 18.1 Å². The number of para-hydroxylation sites is 1. The molecule has 0 saturated heterocycles. The average molecular weight is 403 g/mol. The van der Waals surface area contributed by atoms with Gasteiger partial charge in [0.25, 0.3) is 0 Å². The molecule has 0 unspecified atom stereocenters. The molecule has 6 nitrogen and oxygen atoms in total. The van der Waals surface area contributed by atoms with Crippen molar-refractivity contribution in [3.8, 4) is 0 Å². The molecular weight excluding hydrogens is 388 g/mol. The van der Waals surface area contributed by atoms with Gasteiger partial charge in [0.2, 0.25) is 0 Å². The maximum absolute atomic E-state index is 12.0. The van der Waals surface area contributed by atoms with Crippen LogP contribution in [0, 0.1) is 0 Å². The first-order valence-corrected chi connectivity index (χ1v) is 8.31. The Hall–Kier alpha value is -2.80. The summed E-state index contributed by atoms with van der Waals surface area (Å²) in [5.41, 5.74) is 2.05. The molecule has 1 amide bonds. The van der Waals surface area contributed by atoms with Crippen molar-refractivity contribution in [2.75, 3.05) is 0 Å². The third-order valence-electron chi connectivity index (χ3n) is 3.73. The molecule has 1 atom stereocenters. The van der Waals surface area contributed by atoms with E-state index in [0.29, 0.717) is 10.9 Å².